The number of ether oxygens (including phenoxy) is 2. The number of carbonyl (C=O) groups excluding carboxylic acids is 1. The lowest BCUT2D eigenvalue weighted by Crippen LogP contribution is -2.42. The number of rotatable bonds is 2. The molecule has 0 fully saturated rings. The fourth-order valence-electron chi connectivity index (χ4n) is 3.35. The van der Waals surface area contributed by atoms with Crippen LogP contribution < -0.4 is 19.7 Å². The van der Waals surface area contributed by atoms with Gasteiger partial charge < -0.3 is 14.8 Å². The molecular weight excluding hydrogens is 348 g/mol. The van der Waals surface area contributed by atoms with E-state index in [0.717, 1.165) is 16.3 Å². The van der Waals surface area contributed by atoms with Crippen LogP contribution in [0.15, 0.2) is 60.0 Å². The summed E-state index contributed by atoms with van der Waals surface area (Å²) in [5.74, 6) is 1.35. The maximum Gasteiger partial charge on any atom is 0.262 e. The van der Waals surface area contributed by atoms with Crippen LogP contribution in [-0.2, 0) is 0 Å². The van der Waals surface area contributed by atoms with Gasteiger partial charge in [-0.1, -0.05) is 18.2 Å². The van der Waals surface area contributed by atoms with Gasteiger partial charge in [0, 0.05) is 16.6 Å². The van der Waals surface area contributed by atoms with Crippen molar-refractivity contribution in [3.05, 3.63) is 70.4 Å². The summed E-state index contributed by atoms with van der Waals surface area (Å²) >= 11 is 1.62. The topological polar surface area (TPSA) is 50.8 Å². The van der Waals surface area contributed by atoms with Gasteiger partial charge in [-0.2, -0.15) is 0 Å². The van der Waals surface area contributed by atoms with Crippen LogP contribution in [0.3, 0.4) is 0 Å². The predicted octanol–water partition coefficient (Wildman–Crippen LogP) is 4.29. The van der Waals surface area contributed by atoms with Crippen LogP contribution in [0, 0.1) is 0 Å². The summed E-state index contributed by atoms with van der Waals surface area (Å²) in [6.07, 6.45) is -0.264. The number of para-hydroxylation sites is 1. The summed E-state index contributed by atoms with van der Waals surface area (Å²) in [6.45, 7) is 1.06. The van der Waals surface area contributed by atoms with Crippen molar-refractivity contribution in [2.45, 2.75) is 6.17 Å². The van der Waals surface area contributed by atoms with E-state index in [0.29, 0.717) is 30.3 Å². The molecule has 130 valence electrons. The van der Waals surface area contributed by atoms with Crippen LogP contribution in [-0.4, -0.2) is 19.1 Å². The third-order valence-corrected chi connectivity index (χ3v) is 5.47. The van der Waals surface area contributed by atoms with E-state index in [9.17, 15) is 4.79 Å². The molecule has 2 aromatic carbocycles. The Hall–Kier alpha value is -2.99. The largest absolute Gasteiger partial charge is 0.486 e. The first-order chi connectivity index (χ1) is 12.8. The number of thiophene rings is 1. The van der Waals surface area contributed by atoms with Gasteiger partial charge in [0.05, 0.1) is 11.3 Å². The molecule has 0 spiro atoms. The van der Waals surface area contributed by atoms with Crippen molar-refractivity contribution < 1.29 is 14.3 Å². The van der Waals surface area contributed by atoms with Gasteiger partial charge in [0.15, 0.2) is 11.5 Å². The number of anilines is 2. The highest BCUT2D eigenvalue weighted by atomic mass is 32.1. The van der Waals surface area contributed by atoms with E-state index < -0.39 is 0 Å². The summed E-state index contributed by atoms with van der Waals surface area (Å²) in [5, 5.41) is 5.52. The smallest absolute Gasteiger partial charge is 0.262 e. The Morgan fingerprint density at radius 2 is 1.85 bits per heavy atom. The fraction of sp³-hybridized carbons (Fsp3) is 0.150. The predicted molar refractivity (Wildman–Crippen MR) is 101 cm³/mol. The summed E-state index contributed by atoms with van der Waals surface area (Å²) in [5.41, 5.74) is 2.29. The molecule has 0 aliphatic carbocycles. The molecule has 1 aromatic heterocycles. The number of fused-ring (bicyclic) bond motifs is 2. The second-order valence-electron chi connectivity index (χ2n) is 6.11. The van der Waals surface area contributed by atoms with E-state index >= 15 is 0 Å². The highest BCUT2D eigenvalue weighted by Crippen LogP contribution is 2.41. The molecule has 0 bridgehead atoms. The minimum atomic E-state index is -0.264. The second-order valence-corrected chi connectivity index (χ2v) is 7.09. The molecule has 2 aliphatic rings. The number of benzene rings is 2. The zero-order valence-corrected chi connectivity index (χ0v) is 14.7. The lowest BCUT2D eigenvalue weighted by Gasteiger charge is -2.37. The summed E-state index contributed by atoms with van der Waals surface area (Å²) < 4.78 is 11.3. The highest BCUT2D eigenvalue weighted by molar-refractivity contribution is 7.10. The van der Waals surface area contributed by atoms with Crippen molar-refractivity contribution in [3.8, 4) is 11.5 Å². The Labute approximate surface area is 154 Å². The van der Waals surface area contributed by atoms with Gasteiger partial charge in [0.25, 0.3) is 5.91 Å². The van der Waals surface area contributed by atoms with Crippen molar-refractivity contribution in [2.24, 2.45) is 0 Å². The molecule has 26 heavy (non-hydrogen) atoms. The highest BCUT2D eigenvalue weighted by Gasteiger charge is 2.35. The van der Waals surface area contributed by atoms with E-state index in [4.69, 9.17) is 9.47 Å². The number of nitrogens with zero attached hydrogens (tertiary/aromatic N) is 1. The van der Waals surface area contributed by atoms with E-state index in [1.807, 2.05) is 60.0 Å². The van der Waals surface area contributed by atoms with Gasteiger partial charge >= 0.3 is 0 Å². The number of amides is 1. The van der Waals surface area contributed by atoms with Crippen LogP contribution in [0.1, 0.15) is 21.4 Å². The summed E-state index contributed by atoms with van der Waals surface area (Å²) in [7, 11) is 0. The molecule has 6 heteroatoms. The molecule has 5 rings (SSSR count). The molecule has 0 saturated carbocycles. The Bertz CT molecular complexity index is 971. The first-order valence-electron chi connectivity index (χ1n) is 8.43. The van der Waals surface area contributed by atoms with Gasteiger partial charge in [-0.3, -0.25) is 9.69 Å². The van der Waals surface area contributed by atoms with Crippen LogP contribution in [0.2, 0.25) is 0 Å². The third kappa shape index (κ3) is 2.42. The van der Waals surface area contributed by atoms with E-state index in [2.05, 4.69) is 5.32 Å². The van der Waals surface area contributed by atoms with E-state index in [-0.39, 0.29) is 12.1 Å². The monoisotopic (exact) mass is 364 g/mol. The van der Waals surface area contributed by atoms with Gasteiger partial charge in [-0.15, -0.1) is 11.3 Å². The zero-order chi connectivity index (χ0) is 17.5. The summed E-state index contributed by atoms with van der Waals surface area (Å²) in [4.78, 5) is 16.2. The van der Waals surface area contributed by atoms with Crippen LogP contribution in [0.4, 0.5) is 11.4 Å². The lowest BCUT2D eigenvalue weighted by molar-refractivity contribution is 0.0975. The van der Waals surface area contributed by atoms with Crippen molar-refractivity contribution in [2.75, 3.05) is 23.4 Å². The molecule has 2 aliphatic heterocycles. The van der Waals surface area contributed by atoms with Crippen molar-refractivity contribution in [3.63, 3.8) is 0 Å². The minimum Gasteiger partial charge on any atom is -0.486 e. The molecule has 3 aromatic rings. The molecule has 1 N–H and O–H groups in total. The maximum atomic E-state index is 13.3. The standard InChI is InChI=1S/C20H16N2O3S/c23-20-14-4-1-2-5-15(14)21-19(18-6-3-11-26-18)22(20)13-7-8-16-17(12-13)25-10-9-24-16/h1-8,11-12,19,21H,9-10H2/t19-/m1/s1. The zero-order valence-electron chi connectivity index (χ0n) is 13.8. The molecular formula is C20H16N2O3S. The Balaban J connectivity index is 1.63. The van der Waals surface area contributed by atoms with Crippen molar-refractivity contribution >= 4 is 28.6 Å². The Kier molecular flexibility index (Phi) is 3.57. The molecule has 1 amide bonds. The molecule has 0 unspecified atom stereocenters. The van der Waals surface area contributed by atoms with Gasteiger partial charge in [0.1, 0.15) is 19.4 Å². The van der Waals surface area contributed by atoms with E-state index in [1.165, 1.54) is 0 Å². The van der Waals surface area contributed by atoms with Crippen molar-refractivity contribution in [1.29, 1.82) is 0 Å². The average Bonchev–Trinajstić information content (AvgIpc) is 3.22. The molecule has 5 nitrogen and oxygen atoms in total. The van der Waals surface area contributed by atoms with Crippen LogP contribution >= 0.6 is 11.3 Å². The van der Waals surface area contributed by atoms with Gasteiger partial charge in [0.2, 0.25) is 0 Å². The number of hydrogen-bond donors (Lipinski definition) is 1. The second kappa shape index (κ2) is 6.07. The lowest BCUT2D eigenvalue weighted by atomic mass is 10.1. The molecule has 3 heterocycles. The molecule has 1 atom stereocenters. The molecule has 0 radical (unpaired) electrons. The first kappa shape index (κ1) is 15.3. The fourth-order valence-corrected chi connectivity index (χ4v) is 4.11. The minimum absolute atomic E-state index is 0.0329. The van der Waals surface area contributed by atoms with Gasteiger partial charge in [-0.25, -0.2) is 0 Å². The quantitative estimate of drug-likeness (QED) is 0.737. The van der Waals surface area contributed by atoms with Crippen molar-refractivity contribution in [1.82, 2.24) is 0 Å². The molecule has 0 saturated heterocycles. The number of carbonyl (C=O) groups is 1. The first-order valence-corrected chi connectivity index (χ1v) is 9.31. The third-order valence-electron chi connectivity index (χ3n) is 4.54. The summed E-state index contributed by atoms with van der Waals surface area (Å²) in [6, 6.07) is 17.3. The average molecular weight is 364 g/mol. The maximum absolute atomic E-state index is 13.3. The number of hydrogen-bond acceptors (Lipinski definition) is 5. The van der Waals surface area contributed by atoms with Gasteiger partial charge in [-0.05, 0) is 35.7 Å². The van der Waals surface area contributed by atoms with Crippen LogP contribution in [0.25, 0.3) is 0 Å². The SMILES string of the molecule is O=C1c2ccccc2N[C@@H](c2cccs2)N1c1ccc2c(c1)OCCO2. The number of nitrogens with one attached hydrogen (secondary N) is 1. The Morgan fingerprint density at radius 3 is 2.69 bits per heavy atom. The van der Waals surface area contributed by atoms with Crippen LogP contribution in [0.5, 0.6) is 11.5 Å². The Morgan fingerprint density at radius 1 is 1.00 bits per heavy atom. The van der Waals surface area contributed by atoms with E-state index in [1.54, 1.807) is 16.2 Å². The normalized spacial score (nSPS) is 18.2.